The quantitative estimate of drug-likeness (QED) is 0.431. The van der Waals surface area contributed by atoms with Crippen molar-refractivity contribution in [2.75, 3.05) is 18.8 Å². The molecule has 0 aromatic carbocycles. The Labute approximate surface area is 213 Å². The molecule has 0 saturated carbocycles. The van der Waals surface area contributed by atoms with Crippen LogP contribution in [0.1, 0.15) is 61.8 Å². The summed E-state index contributed by atoms with van der Waals surface area (Å²) in [6.07, 6.45) is 2.67. The Hall–Kier alpha value is -2.25. The molecule has 1 aromatic rings. The number of ether oxygens (including phenoxy) is 1. The molecule has 2 fully saturated rings. The number of carbonyl (C=O) groups excluding carboxylic acids is 2. The lowest BCUT2D eigenvalue weighted by Crippen LogP contribution is -2.47. The summed E-state index contributed by atoms with van der Waals surface area (Å²) >= 11 is 0. The molecule has 1 N–H and O–H groups in total. The summed E-state index contributed by atoms with van der Waals surface area (Å²) in [6.45, 7) is 15.2. The Morgan fingerprint density at radius 1 is 1.19 bits per heavy atom. The number of carbonyl (C=O) groups is 2. The van der Waals surface area contributed by atoms with Gasteiger partial charge in [0.2, 0.25) is 20.9 Å². The van der Waals surface area contributed by atoms with Crippen molar-refractivity contribution in [3.8, 4) is 0 Å². The molecule has 3 rings (SSSR count). The van der Waals surface area contributed by atoms with Gasteiger partial charge in [0.15, 0.2) is 0 Å². The summed E-state index contributed by atoms with van der Waals surface area (Å²) < 4.78 is 43.0. The van der Waals surface area contributed by atoms with E-state index in [1.54, 1.807) is 32.6 Å². The number of likely N-dealkylation sites (tertiary alicyclic amines) is 1. The van der Waals surface area contributed by atoms with Gasteiger partial charge in [-0.3, -0.25) is 4.79 Å². The molecule has 3 heterocycles. The van der Waals surface area contributed by atoms with Crippen molar-refractivity contribution >= 4 is 34.4 Å². The van der Waals surface area contributed by atoms with E-state index in [-0.39, 0.29) is 29.3 Å². The molecule has 36 heavy (non-hydrogen) atoms. The number of hydrogen-bond donors (Lipinski definition) is 1. The van der Waals surface area contributed by atoms with E-state index in [1.807, 2.05) is 27.7 Å². The molecular weight excluding hydrogens is 487 g/mol. The van der Waals surface area contributed by atoms with Crippen LogP contribution in [0.15, 0.2) is 17.6 Å². The van der Waals surface area contributed by atoms with E-state index >= 15 is 0 Å². The second-order valence-corrected chi connectivity index (χ2v) is 13.4. The van der Waals surface area contributed by atoms with Gasteiger partial charge >= 0.3 is 13.2 Å². The molecular formula is C23H37BN4O7S. The highest BCUT2D eigenvalue weighted by Crippen LogP contribution is 2.36. The first-order valence-electron chi connectivity index (χ1n) is 12.1. The van der Waals surface area contributed by atoms with E-state index < -0.39 is 45.9 Å². The van der Waals surface area contributed by atoms with Crippen molar-refractivity contribution in [2.45, 2.75) is 89.8 Å². The van der Waals surface area contributed by atoms with E-state index in [2.05, 4.69) is 15.3 Å². The fourth-order valence-corrected chi connectivity index (χ4v) is 5.43. The average molecular weight is 524 g/mol. The van der Waals surface area contributed by atoms with Crippen LogP contribution in [0, 0.1) is 5.92 Å². The Morgan fingerprint density at radius 2 is 1.75 bits per heavy atom. The van der Waals surface area contributed by atoms with Gasteiger partial charge in [0.05, 0.1) is 17.0 Å². The molecule has 2 aliphatic heterocycles. The van der Waals surface area contributed by atoms with Crippen molar-refractivity contribution in [3.05, 3.63) is 12.4 Å². The van der Waals surface area contributed by atoms with Crippen LogP contribution in [0.3, 0.4) is 0 Å². The van der Waals surface area contributed by atoms with E-state index in [0.29, 0.717) is 18.4 Å². The minimum Gasteiger partial charge on any atom is -0.444 e. The Balaban J connectivity index is 1.56. The van der Waals surface area contributed by atoms with Crippen LogP contribution in [0.25, 0.3) is 0 Å². The minimum absolute atomic E-state index is 0.180. The maximum atomic E-state index is 13.0. The summed E-state index contributed by atoms with van der Waals surface area (Å²) in [7, 11) is -4.45. The molecule has 0 bridgehead atoms. The first kappa shape index (κ1) is 28.3. The number of nitrogens with one attached hydrogen (secondary N) is 1. The minimum atomic E-state index is -3.77. The van der Waals surface area contributed by atoms with Crippen molar-refractivity contribution < 1.29 is 32.1 Å². The first-order valence-corrected chi connectivity index (χ1v) is 13.7. The zero-order valence-corrected chi connectivity index (χ0v) is 23.1. The second-order valence-electron chi connectivity index (χ2n) is 11.5. The van der Waals surface area contributed by atoms with Gasteiger partial charge in [0.25, 0.3) is 0 Å². The van der Waals surface area contributed by atoms with Crippen LogP contribution >= 0.6 is 0 Å². The zero-order chi connectivity index (χ0) is 27.1. The van der Waals surface area contributed by atoms with Crippen molar-refractivity contribution in [3.63, 3.8) is 0 Å². The molecule has 13 heteroatoms. The fourth-order valence-electron chi connectivity index (χ4n) is 3.96. The predicted octanol–water partition coefficient (Wildman–Crippen LogP) is 1.31. The standard InChI is InChI=1S/C23H37BN4O7S/c1-15(27-20(30)33-21(2,3)4)18(29)28-10-9-16(13-28)14-36(31,32)19-25-11-17(12-26-19)24-34-22(5,6)23(7,8)35-24/h11-12,15-16H,9-10,13-14H2,1-8H3,(H,27,30)/t15-,16-/m0/s1. The third-order valence-electron chi connectivity index (χ3n) is 6.61. The third kappa shape index (κ3) is 6.54. The van der Waals surface area contributed by atoms with Gasteiger partial charge in [-0.1, -0.05) is 0 Å². The average Bonchev–Trinajstić information content (AvgIpc) is 3.26. The van der Waals surface area contributed by atoms with Crippen molar-refractivity contribution in [1.82, 2.24) is 20.2 Å². The van der Waals surface area contributed by atoms with Crippen LogP contribution < -0.4 is 10.8 Å². The molecule has 2 amide bonds. The van der Waals surface area contributed by atoms with E-state index in [9.17, 15) is 18.0 Å². The number of hydrogen-bond acceptors (Lipinski definition) is 9. The summed E-state index contributed by atoms with van der Waals surface area (Å²) in [5, 5.41) is 2.26. The summed E-state index contributed by atoms with van der Waals surface area (Å²) in [5.74, 6) is -0.733. The number of sulfone groups is 1. The molecule has 1 aromatic heterocycles. The highest BCUT2D eigenvalue weighted by atomic mass is 32.2. The van der Waals surface area contributed by atoms with Crippen LogP contribution in [-0.2, 0) is 28.7 Å². The van der Waals surface area contributed by atoms with Gasteiger partial charge in [-0.25, -0.2) is 23.2 Å². The van der Waals surface area contributed by atoms with Gasteiger partial charge in [-0.05, 0) is 67.7 Å². The van der Waals surface area contributed by atoms with Gasteiger partial charge in [-0.15, -0.1) is 0 Å². The van der Waals surface area contributed by atoms with Crippen molar-refractivity contribution in [2.24, 2.45) is 5.92 Å². The zero-order valence-electron chi connectivity index (χ0n) is 22.3. The Bertz CT molecular complexity index is 1070. The number of amides is 2. The summed E-state index contributed by atoms with van der Waals surface area (Å²) in [6, 6.07) is -0.791. The van der Waals surface area contributed by atoms with E-state index in [4.69, 9.17) is 14.0 Å². The van der Waals surface area contributed by atoms with Crippen LogP contribution in [0.4, 0.5) is 4.79 Å². The molecule has 0 aliphatic carbocycles. The highest BCUT2D eigenvalue weighted by molar-refractivity contribution is 7.91. The normalized spacial score (nSPS) is 22.4. The lowest BCUT2D eigenvalue weighted by atomic mass is 9.81. The summed E-state index contributed by atoms with van der Waals surface area (Å²) in [5.41, 5.74) is -1.20. The van der Waals surface area contributed by atoms with Crippen molar-refractivity contribution in [1.29, 1.82) is 0 Å². The molecule has 0 radical (unpaired) electrons. The monoisotopic (exact) mass is 524 g/mol. The third-order valence-corrected chi connectivity index (χ3v) is 8.29. The van der Waals surface area contributed by atoms with Gasteiger partial charge in [-0.2, -0.15) is 0 Å². The summed E-state index contributed by atoms with van der Waals surface area (Å²) in [4.78, 5) is 34.4. The number of aromatic nitrogens is 2. The largest absolute Gasteiger partial charge is 0.498 e. The predicted molar refractivity (Wildman–Crippen MR) is 133 cm³/mol. The molecule has 0 spiro atoms. The lowest BCUT2D eigenvalue weighted by Gasteiger charge is -2.32. The molecule has 11 nitrogen and oxygen atoms in total. The smallest absolute Gasteiger partial charge is 0.444 e. The maximum absolute atomic E-state index is 13.0. The van der Waals surface area contributed by atoms with E-state index in [0.717, 1.165) is 0 Å². The molecule has 2 atom stereocenters. The molecule has 200 valence electrons. The maximum Gasteiger partial charge on any atom is 0.498 e. The SMILES string of the molecule is C[C@H](NC(=O)OC(C)(C)C)C(=O)N1CC[C@H](CS(=O)(=O)c2ncc(B3OC(C)(C)C(C)(C)O3)cn2)C1. The second kappa shape index (κ2) is 9.90. The van der Waals surface area contributed by atoms with Gasteiger partial charge in [0, 0.05) is 30.9 Å². The van der Waals surface area contributed by atoms with Gasteiger partial charge in [0.1, 0.15) is 11.6 Å². The van der Waals surface area contributed by atoms with Gasteiger partial charge < -0.3 is 24.3 Å². The Kier molecular flexibility index (Phi) is 7.79. The van der Waals surface area contributed by atoms with E-state index in [1.165, 1.54) is 12.4 Å². The molecule has 0 unspecified atom stereocenters. The lowest BCUT2D eigenvalue weighted by molar-refractivity contribution is -0.132. The number of nitrogens with zero attached hydrogens (tertiary/aromatic N) is 3. The van der Waals surface area contributed by atoms with Crippen LogP contribution in [0.2, 0.25) is 0 Å². The number of alkyl carbamates (subject to hydrolysis) is 1. The van der Waals surface area contributed by atoms with Crippen LogP contribution in [-0.4, -0.2) is 84.1 Å². The first-order chi connectivity index (χ1) is 16.4. The Morgan fingerprint density at radius 3 is 2.28 bits per heavy atom. The van der Waals surface area contributed by atoms with Crippen LogP contribution in [0.5, 0.6) is 0 Å². The highest BCUT2D eigenvalue weighted by Gasteiger charge is 2.52. The number of rotatable bonds is 6. The topological polar surface area (TPSA) is 137 Å². The fraction of sp³-hybridized carbons (Fsp3) is 0.739. The molecule has 2 aliphatic rings. The molecule has 2 saturated heterocycles.